The van der Waals surface area contributed by atoms with Crippen molar-refractivity contribution in [1.29, 1.82) is 0 Å². The first-order valence-electron chi connectivity index (χ1n) is 17.3. The molecular weight excluding hydrogens is 636 g/mol. The summed E-state index contributed by atoms with van der Waals surface area (Å²) < 4.78 is 3.95. The van der Waals surface area contributed by atoms with E-state index in [0.29, 0.717) is 24.7 Å². The van der Waals surface area contributed by atoms with Crippen LogP contribution in [0.4, 0.5) is 0 Å². The first-order valence-corrected chi connectivity index (χ1v) is 17.3. The average molecular weight is 679 g/mol. The van der Waals surface area contributed by atoms with Gasteiger partial charge in [0.05, 0.1) is 22.1 Å². The van der Waals surface area contributed by atoms with Crippen molar-refractivity contribution in [2.24, 2.45) is 0 Å². The first-order chi connectivity index (χ1) is 24.0. The van der Waals surface area contributed by atoms with Gasteiger partial charge in [-0.3, -0.25) is 19.6 Å². The molecule has 14 heteroatoms. The summed E-state index contributed by atoms with van der Waals surface area (Å²) in [7, 11) is 0. The van der Waals surface area contributed by atoms with Gasteiger partial charge < -0.3 is 18.9 Å². The van der Waals surface area contributed by atoms with Crippen LogP contribution in [0, 0.1) is 27.7 Å². The lowest BCUT2D eigenvalue weighted by atomic mass is 10.1. The third-order valence-corrected chi connectivity index (χ3v) is 10.1. The predicted molar refractivity (Wildman–Crippen MR) is 192 cm³/mol. The predicted octanol–water partition coefficient (Wildman–Crippen LogP) is 2.59. The van der Waals surface area contributed by atoms with Gasteiger partial charge in [0, 0.05) is 39.3 Å². The molecule has 0 aromatic heterocycles. The zero-order chi connectivity index (χ0) is 35.1. The number of hydrogen-bond donors (Lipinski definition) is 2. The molecule has 1 saturated heterocycles. The molecule has 0 bridgehead atoms. The maximum atomic E-state index is 12.6. The summed E-state index contributed by atoms with van der Waals surface area (Å²) >= 11 is 0. The molecular formula is C36H42N10O4. The topological polar surface area (TPSA) is 168 Å². The highest BCUT2D eigenvalue weighted by atomic mass is 16.2. The van der Waals surface area contributed by atoms with Gasteiger partial charge >= 0.3 is 11.4 Å². The minimum atomic E-state index is -0.658. The van der Waals surface area contributed by atoms with Crippen molar-refractivity contribution >= 4 is 22.1 Å². The smallest absolute Gasteiger partial charge is 0.322 e. The van der Waals surface area contributed by atoms with Crippen LogP contribution in [0.2, 0.25) is 0 Å². The Morgan fingerprint density at radius 3 is 1.28 bits per heavy atom. The van der Waals surface area contributed by atoms with E-state index in [1.807, 2.05) is 49.0 Å². The molecule has 2 N–H and O–H groups in total. The molecule has 0 atom stereocenters. The Balaban J connectivity index is 0.930. The van der Waals surface area contributed by atoms with Crippen LogP contribution in [0.3, 0.4) is 0 Å². The van der Waals surface area contributed by atoms with Crippen LogP contribution in [0.15, 0.2) is 43.4 Å². The van der Waals surface area contributed by atoms with Gasteiger partial charge in [-0.25, -0.2) is 19.6 Å². The number of nitrogens with one attached hydrogen (secondary N) is 2. The molecule has 50 heavy (non-hydrogen) atoms. The number of nitrogens with zero attached hydrogens (tertiary/aromatic N) is 8. The molecule has 7 rings (SSSR count). The Hall–Kier alpha value is -5.08. The van der Waals surface area contributed by atoms with Crippen LogP contribution in [0.25, 0.3) is 45.1 Å². The fourth-order valence-corrected chi connectivity index (χ4v) is 7.00. The van der Waals surface area contributed by atoms with Crippen molar-refractivity contribution in [1.82, 2.24) is 48.8 Å². The lowest BCUT2D eigenvalue weighted by Crippen LogP contribution is -2.46. The summed E-state index contributed by atoms with van der Waals surface area (Å²) in [5, 5.41) is 0. The molecule has 0 spiro atoms. The van der Waals surface area contributed by atoms with Gasteiger partial charge in [0.15, 0.2) is 23.0 Å². The molecule has 0 aliphatic carbocycles. The largest absolute Gasteiger partial charge is 0.349 e. The maximum absolute atomic E-state index is 12.6. The SMILES string of the molecule is Cc1cc2nc3c(=O)[nH]c(=O)nc-3n(CCCCN3CCN(CCCCn4c5nc(=O)[nH]c(=O)c-5nc5cc(C)c(C)cc54)CC3)c2cc1C. The summed E-state index contributed by atoms with van der Waals surface area (Å²) in [6.07, 6.45) is 3.70. The van der Waals surface area contributed by atoms with Gasteiger partial charge in [0.2, 0.25) is 0 Å². The third-order valence-electron chi connectivity index (χ3n) is 10.1. The Labute approximate surface area is 287 Å². The highest BCUT2D eigenvalue weighted by Crippen LogP contribution is 2.26. The van der Waals surface area contributed by atoms with Crippen LogP contribution in [-0.2, 0) is 13.1 Å². The summed E-state index contributed by atoms with van der Waals surface area (Å²) in [4.78, 5) is 76.3. The monoisotopic (exact) mass is 678 g/mol. The number of hydrogen-bond acceptors (Lipinski definition) is 10. The quantitative estimate of drug-likeness (QED) is 0.162. The van der Waals surface area contributed by atoms with E-state index in [2.05, 4.69) is 51.8 Å². The molecule has 0 amide bonds. The standard InChI is InChI=1S/C36H42N10O4/c1-21-17-25-27(19-23(21)3)45(31-29(37-25)33(47)41-35(49)39-31)11-7-5-9-43-13-15-44(16-14-43)10-6-8-12-46-28-20-24(4)22(2)18-26(28)38-30-32(46)40-36(50)42-34(30)48/h17-20H,5-16H2,1-4H3,(H,41,47,49)(H,42,48,50). The van der Waals surface area contributed by atoms with Gasteiger partial charge in [-0.05, 0) is 113 Å². The van der Waals surface area contributed by atoms with Gasteiger partial charge in [-0.15, -0.1) is 0 Å². The number of fused-ring (bicyclic) bond motifs is 4. The molecule has 2 aromatic carbocycles. The van der Waals surface area contributed by atoms with E-state index in [9.17, 15) is 19.2 Å². The van der Waals surface area contributed by atoms with Crippen LogP contribution < -0.4 is 22.5 Å². The van der Waals surface area contributed by atoms with Crippen molar-refractivity contribution in [3.63, 3.8) is 0 Å². The van der Waals surface area contributed by atoms with Crippen molar-refractivity contribution in [3.05, 3.63) is 88.2 Å². The molecule has 260 valence electrons. The number of H-pyrrole nitrogens is 2. The van der Waals surface area contributed by atoms with Gasteiger partial charge in [0.25, 0.3) is 11.1 Å². The van der Waals surface area contributed by atoms with Crippen LogP contribution in [0.5, 0.6) is 0 Å². The lowest BCUT2D eigenvalue weighted by Gasteiger charge is -2.34. The highest BCUT2D eigenvalue weighted by Gasteiger charge is 2.22. The Bertz CT molecular complexity index is 2230. The number of benzene rings is 2. The molecule has 5 heterocycles. The zero-order valence-corrected chi connectivity index (χ0v) is 29.0. The number of rotatable bonds is 10. The van der Waals surface area contributed by atoms with Gasteiger partial charge in [-0.2, -0.15) is 9.97 Å². The first kappa shape index (κ1) is 33.4. The van der Waals surface area contributed by atoms with Crippen molar-refractivity contribution in [3.8, 4) is 23.0 Å². The van der Waals surface area contributed by atoms with E-state index in [1.54, 1.807) is 0 Å². The van der Waals surface area contributed by atoms with Crippen molar-refractivity contribution in [2.45, 2.75) is 66.5 Å². The summed E-state index contributed by atoms with van der Waals surface area (Å²) in [5.74, 6) is 0.661. The normalized spacial score (nSPS) is 14.5. The van der Waals surface area contributed by atoms with E-state index in [0.717, 1.165) is 109 Å². The van der Waals surface area contributed by atoms with E-state index in [-0.39, 0.29) is 11.4 Å². The maximum Gasteiger partial charge on any atom is 0.349 e. The van der Waals surface area contributed by atoms with E-state index < -0.39 is 22.5 Å². The number of aromatic nitrogens is 8. The Kier molecular flexibility index (Phi) is 9.14. The average Bonchev–Trinajstić information content (AvgIpc) is 3.07. The summed E-state index contributed by atoms with van der Waals surface area (Å²) in [6.45, 7) is 15.3. The molecule has 0 saturated carbocycles. The second-order valence-electron chi connectivity index (χ2n) is 13.6. The third kappa shape index (κ3) is 6.60. The van der Waals surface area contributed by atoms with E-state index >= 15 is 0 Å². The summed E-state index contributed by atoms with van der Waals surface area (Å²) in [6, 6.07) is 8.09. The molecule has 14 nitrogen and oxygen atoms in total. The number of aryl methyl sites for hydroxylation is 6. The number of piperazine rings is 1. The van der Waals surface area contributed by atoms with Gasteiger partial charge in [0.1, 0.15) is 0 Å². The molecule has 5 aliphatic rings. The minimum absolute atomic E-state index is 0.186. The molecule has 0 radical (unpaired) electrons. The fraction of sp³-hybridized carbons (Fsp3) is 0.444. The van der Waals surface area contributed by atoms with Crippen LogP contribution >= 0.6 is 0 Å². The molecule has 0 unspecified atom stereocenters. The fourth-order valence-electron chi connectivity index (χ4n) is 7.00. The number of unbranched alkanes of at least 4 members (excludes halogenated alkanes) is 2. The molecule has 5 aliphatic heterocycles. The van der Waals surface area contributed by atoms with E-state index in [1.165, 1.54) is 0 Å². The molecule has 1 fully saturated rings. The Morgan fingerprint density at radius 1 is 0.520 bits per heavy atom. The Morgan fingerprint density at radius 2 is 0.880 bits per heavy atom. The van der Waals surface area contributed by atoms with Gasteiger partial charge in [-0.1, -0.05) is 0 Å². The van der Waals surface area contributed by atoms with Crippen molar-refractivity contribution in [2.75, 3.05) is 39.3 Å². The van der Waals surface area contributed by atoms with Crippen LogP contribution in [0.1, 0.15) is 47.9 Å². The summed E-state index contributed by atoms with van der Waals surface area (Å²) in [5.41, 5.74) is 5.64. The lowest BCUT2D eigenvalue weighted by molar-refractivity contribution is 0.128. The van der Waals surface area contributed by atoms with Crippen molar-refractivity contribution < 1.29 is 0 Å². The zero-order valence-electron chi connectivity index (χ0n) is 29.0. The minimum Gasteiger partial charge on any atom is -0.322 e. The van der Waals surface area contributed by atoms with E-state index in [4.69, 9.17) is 0 Å². The van der Waals surface area contributed by atoms with Crippen LogP contribution in [-0.4, -0.2) is 88.1 Å². The molecule has 2 aromatic rings. The highest BCUT2D eigenvalue weighted by molar-refractivity contribution is 5.82. The second-order valence-corrected chi connectivity index (χ2v) is 13.6. The number of aromatic amines is 2. The second kappa shape index (κ2) is 13.7.